The van der Waals surface area contributed by atoms with Crippen LogP contribution >= 0.6 is 0 Å². The summed E-state index contributed by atoms with van der Waals surface area (Å²) in [4.78, 5) is 13.8. The molecule has 0 bridgehead atoms. The summed E-state index contributed by atoms with van der Waals surface area (Å²) < 4.78 is 1.52. The lowest BCUT2D eigenvalue weighted by molar-refractivity contribution is 0.0765. The predicted octanol–water partition coefficient (Wildman–Crippen LogP) is -0.131. The minimum absolute atomic E-state index is 0.0557. The van der Waals surface area contributed by atoms with Crippen LogP contribution in [0.25, 0.3) is 5.69 Å². The molecular formula is C12H13N5O2. The summed E-state index contributed by atoms with van der Waals surface area (Å²) in [5, 5.41) is 20.3. The third-order valence-corrected chi connectivity index (χ3v) is 3.18. The molecule has 1 fully saturated rings. The van der Waals surface area contributed by atoms with Crippen molar-refractivity contribution in [1.29, 1.82) is 0 Å². The highest BCUT2D eigenvalue weighted by molar-refractivity contribution is 5.94. The van der Waals surface area contributed by atoms with Crippen molar-refractivity contribution in [2.24, 2.45) is 0 Å². The Kier molecular flexibility index (Phi) is 2.96. The first-order chi connectivity index (χ1) is 9.24. The molecule has 3 rings (SSSR count). The smallest absolute Gasteiger partial charge is 0.253 e. The van der Waals surface area contributed by atoms with E-state index >= 15 is 0 Å². The van der Waals surface area contributed by atoms with E-state index in [0.717, 1.165) is 5.69 Å². The van der Waals surface area contributed by atoms with E-state index < -0.39 is 6.10 Å². The van der Waals surface area contributed by atoms with E-state index in [1.54, 1.807) is 29.2 Å². The maximum Gasteiger partial charge on any atom is 0.253 e. The molecule has 98 valence electrons. The molecule has 0 aliphatic carbocycles. The molecule has 2 aromatic rings. The van der Waals surface area contributed by atoms with Crippen molar-refractivity contribution in [3.8, 4) is 5.69 Å². The van der Waals surface area contributed by atoms with Crippen LogP contribution in [0.2, 0.25) is 0 Å². The number of tetrazole rings is 1. The Morgan fingerprint density at radius 2 is 2.11 bits per heavy atom. The summed E-state index contributed by atoms with van der Waals surface area (Å²) in [5.41, 5.74) is 1.40. The van der Waals surface area contributed by atoms with Crippen LogP contribution in [0.4, 0.5) is 0 Å². The third kappa shape index (κ3) is 2.32. The molecule has 1 aliphatic heterocycles. The summed E-state index contributed by atoms with van der Waals surface area (Å²) in [5.74, 6) is -0.0557. The number of rotatable bonds is 2. The first kappa shape index (κ1) is 11.8. The Hall–Kier alpha value is -2.28. The van der Waals surface area contributed by atoms with Crippen molar-refractivity contribution in [3.63, 3.8) is 0 Å². The zero-order valence-corrected chi connectivity index (χ0v) is 10.2. The summed E-state index contributed by atoms with van der Waals surface area (Å²) in [6, 6.07) is 7.06. The number of benzene rings is 1. The third-order valence-electron chi connectivity index (χ3n) is 3.18. The van der Waals surface area contributed by atoms with Crippen LogP contribution in [-0.4, -0.2) is 55.3 Å². The Labute approximate surface area is 109 Å². The number of carbonyl (C=O) groups excluding carboxylic acids is 1. The van der Waals surface area contributed by atoms with Crippen LogP contribution in [0.15, 0.2) is 30.6 Å². The lowest BCUT2D eigenvalue weighted by atomic mass is 10.2. The van der Waals surface area contributed by atoms with Crippen LogP contribution in [0.3, 0.4) is 0 Å². The molecule has 7 heteroatoms. The van der Waals surface area contributed by atoms with Gasteiger partial charge in [0.15, 0.2) is 0 Å². The van der Waals surface area contributed by atoms with Gasteiger partial charge < -0.3 is 10.0 Å². The quantitative estimate of drug-likeness (QED) is 0.812. The van der Waals surface area contributed by atoms with Crippen molar-refractivity contribution in [1.82, 2.24) is 25.1 Å². The predicted molar refractivity (Wildman–Crippen MR) is 65.7 cm³/mol. The molecule has 1 aliphatic rings. The number of carbonyl (C=O) groups is 1. The first-order valence-electron chi connectivity index (χ1n) is 6.05. The second kappa shape index (κ2) is 4.77. The molecule has 1 aromatic heterocycles. The van der Waals surface area contributed by atoms with Crippen molar-refractivity contribution in [3.05, 3.63) is 36.2 Å². The normalized spacial score (nSPS) is 18.8. The lowest BCUT2D eigenvalue weighted by Gasteiger charge is -2.15. The molecule has 0 saturated carbocycles. The Bertz CT molecular complexity index is 566. The Morgan fingerprint density at radius 3 is 2.68 bits per heavy atom. The van der Waals surface area contributed by atoms with Gasteiger partial charge in [0, 0.05) is 18.7 Å². The largest absolute Gasteiger partial charge is 0.391 e. The number of nitrogens with zero attached hydrogens (tertiary/aromatic N) is 5. The summed E-state index contributed by atoms with van der Waals surface area (Å²) in [7, 11) is 0. The van der Waals surface area contributed by atoms with Crippen molar-refractivity contribution in [2.75, 3.05) is 13.1 Å². The summed E-state index contributed by atoms with van der Waals surface area (Å²) in [6.07, 6.45) is 1.74. The van der Waals surface area contributed by atoms with Gasteiger partial charge in [-0.3, -0.25) is 4.79 Å². The number of β-amino-alcohol motifs (C(OH)–C–C–N with tert-alkyl or cyclic N) is 1. The van der Waals surface area contributed by atoms with Gasteiger partial charge in [0.2, 0.25) is 0 Å². The average molecular weight is 259 g/mol. The molecule has 1 N–H and O–H groups in total. The zero-order valence-electron chi connectivity index (χ0n) is 10.2. The van der Waals surface area contributed by atoms with Gasteiger partial charge >= 0.3 is 0 Å². The van der Waals surface area contributed by atoms with Gasteiger partial charge in [-0.05, 0) is 41.1 Å². The fourth-order valence-corrected chi connectivity index (χ4v) is 2.15. The molecular weight excluding hydrogens is 246 g/mol. The van der Waals surface area contributed by atoms with E-state index in [9.17, 15) is 9.90 Å². The second-order valence-corrected chi connectivity index (χ2v) is 4.49. The molecule has 0 unspecified atom stereocenters. The number of likely N-dealkylation sites (tertiary alicyclic amines) is 1. The molecule has 0 radical (unpaired) electrons. The lowest BCUT2D eigenvalue weighted by Crippen LogP contribution is -2.29. The van der Waals surface area contributed by atoms with Crippen molar-refractivity contribution < 1.29 is 9.90 Å². The van der Waals surface area contributed by atoms with E-state index in [4.69, 9.17) is 0 Å². The summed E-state index contributed by atoms with van der Waals surface area (Å²) >= 11 is 0. The molecule has 1 aromatic carbocycles. The second-order valence-electron chi connectivity index (χ2n) is 4.49. The van der Waals surface area contributed by atoms with E-state index in [-0.39, 0.29) is 5.91 Å². The van der Waals surface area contributed by atoms with E-state index in [1.165, 1.54) is 11.0 Å². The molecule has 0 spiro atoms. The zero-order chi connectivity index (χ0) is 13.2. The number of aliphatic hydroxyl groups excluding tert-OH is 1. The SMILES string of the molecule is O=C(c1ccc(-n2cnnn2)cc1)N1CC[C@H](O)C1. The highest BCUT2D eigenvalue weighted by Gasteiger charge is 2.25. The van der Waals surface area contributed by atoms with Crippen LogP contribution in [0.1, 0.15) is 16.8 Å². The monoisotopic (exact) mass is 259 g/mol. The highest BCUT2D eigenvalue weighted by atomic mass is 16.3. The Balaban J connectivity index is 1.77. The fourth-order valence-electron chi connectivity index (χ4n) is 2.15. The van der Waals surface area contributed by atoms with Crippen LogP contribution < -0.4 is 0 Å². The van der Waals surface area contributed by atoms with E-state index in [1.807, 2.05) is 0 Å². The molecule has 1 amide bonds. The van der Waals surface area contributed by atoms with Gasteiger partial charge in [-0.2, -0.15) is 0 Å². The van der Waals surface area contributed by atoms with Gasteiger partial charge in [-0.1, -0.05) is 0 Å². The number of amides is 1. The number of aromatic nitrogens is 4. The number of aliphatic hydroxyl groups is 1. The number of hydrogen-bond donors (Lipinski definition) is 1. The maximum absolute atomic E-state index is 12.2. The average Bonchev–Trinajstić information content (AvgIpc) is 3.09. The number of hydrogen-bond acceptors (Lipinski definition) is 5. The van der Waals surface area contributed by atoms with E-state index in [2.05, 4.69) is 15.5 Å². The van der Waals surface area contributed by atoms with Crippen molar-refractivity contribution in [2.45, 2.75) is 12.5 Å². The van der Waals surface area contributed by atoms with Crippen molar-refractivity contribution >= 4 is 5.91 Å². The topological polar surface area (TPSA) is 84.1 Å². The maximum atomic E-state index is 12.2. The van der Waals surface area contributed by atoms with Gasteiger partial charge in [-0.25, -0.2) is 4.68 Å². The minimum Gasteiger partial charge on any atom is -0.391 e. The standard InChI is InChI=1S/C12H13N5O2/c18-11-5-6-16(7-11)12(19)9-1-3-10(4-2-9)17-8-13-14-15-17/h1-4,8,11,18H,5-7H2/t11-/m0/s1. The van der Waals surface area contributed by atoms with E-state index in [0.29, 0.717) is 25.1 Å². The molecule has 19 heavy (non-hydrogen) atoms. The van der Waals surface area contributed by atoms with Crippen LogP contribution in [-0.2, 0) is 0 Å². The summed E-state index contributed by atoms with van der Waals surface area (Å²) in [6.45, 7) is 1.02. The van der Waals surface area contributed by atoms with Crippen LogP contribution in [0.5, 0.6) is 0 Å². The van der Waals surface area contributed by atoms with Gasteiger partial charge in [-0.15, -0.1) is 5.10 Å². The Morgan fingerprint density at radius 1 is 1.32 bits per heavy atom. The highest BCUT2D eigenvalue weighted by Crippen LogP contribution is 2.15. The van der Waals surface area contributed by atoms with Gasteiger partial charge in [0.05, 0.1) is 11.8 Å². The molecule has 1 atom stereocenters. The van der Waals surface area contributed by atoms with Crippen LogP contribution in [0, 0.1) is 0 Å². The molecule has 7 nitrogen and oxygen atoms in total. The van der Waals surface area contributed by atoms with Gasteiger partial charge in [0.25, 0.3) is 5.91 Å². The molecule has 1 saturated heterocycles. The first-order valence-corrected chi connectivity index (χ1v) is 6.05. The minimum atomic E-state index is -0.399. The molecule has 2 heterocycles. The fraction of sp³-hybridized carbons (Fsp3) is 0.333. The van der Waals surface area contributed by atoms with Gasteiger partial charge in [0.1, 0.15) is 6.33 Å².